The molecule has 29 heavy (non-hydrogen) atoms. The van der Waals surface area contributed by atoms with E-state index in [-0.39, 0.29) is 17.0 Å². The van der Waals surface area contributed by atoms with Crippen molar-refractivity contribution in [1.82, 2.24) is 0 Å². The summed E-state index contributed by atoms with van der Waals surface area (Å²) in [6.07, 6.45) is 0. The van der Waals surface area contributed by atoms with Gasteiger partial charge in [-0.05, 0) is 64.1 Å². The molecule has 0 unspecified atom stereocenters. The summed E-state index contributed by atoms with van der Waals surface area (Å²) in [6, 6.07) is 14.1. The molecule has 2 aromatic rings. The number of carbonyl (C=O) groups excluding carboxylic acids is 2. The van der Waals surface area contributed by atoms with Gasteiger partial charge in [0.25, 0.3) is 10.0 Å². The van der Waals surface area contributed by atoms with Crippen LogP contribution in [0.1, 0.15) is 38.1 Å². The highest BCUT2D eigenvalue weighted by molar-refractivity contribution is 7.92. The van der Waals surface area contributed by atoms with Crippen LogP contribution >= 0.6 is 0 Å². The highest BCUT2D eigenvalue weighted by Gasteiger charge is 2.24. The first-order chi connectivity index (χ1) is 13.5. The Labute approximate surface area is 171 Å². The third-order valence-electron chi connectivity index (χ3n) is 3.75. The molecule has 0 spiro atoms. The predicted octanol–water partition coefficient (Wildman–Crippen LogP) is 3.40. The Kier molecular flexibility index (Phi) is 7.02. The molecule has 0 amide bonds. The molecule has 0 atom stereocenters. The first-order valence-corrected chi connectivity index (χ1v) is 10.6. The van der Waals surface area contributed by atoms with Gasteiger partial charge in [0.1, 0.15) is 5.60 Å². The van der Waals surface area contributed by atoms with E-state index in [1.165, 1.54) is 28.6 Å². The van der Waals surface area contributed by atoms with Crippen LogP contribution in [0.5, 0.6) is 0 Å². The van der Waals surface area contributed by atoms with Crippen LogP contribution in [0, 0.1) is 0 Å². The van der Waals surface area contributed by atoms with Crippen LogP contribution < -0.4 is 4.31 Å². The van der Waals surface area contributed by atoms with Gasteiger partial charge in [0.15, 0.2) is 6.61 Å². The zero-order chi connectivity index (χ0) is 21.7. The Morgan fingerprint density at radius 3 is 2.07 bits per heavy atom. The van der Waals surface area contributed by atoms with Gasteiger partial charge in [-0.3, -0.25) is 4.31 Å². The molecule has 0 aromatic heterocycles. The van der Waals surface area contributed by atoms with Crippen molar-refractivity contribution in [3.05, 3.63) is 60.2 Å². The Morgan fingerprint density at radius 1 is 0.966 bits per heavy atom. The summed E-state index contributed by atoms with van der Waals surface area (Å²) in [5.41, 5.74) is 0.00904. The van der Waals surface area contributed by atoms with Crippen LogP contribution in [-0.2, 0) is 24.3 Å². The largest absolute Gasteiger partial charge is 0.457 e. The number of esters is 2. The Balaban J connectivity index is 2.10. The number of ether oxygens (including phenoxy) is 2. The third kappa shape index (κ3) is 6.05. The van der Waals surface area contributed by atoms with Gasteiger partial charge in [-0.15, -0.1) is 0 Å². The maximum Gasteiger partial charge on any atom is 0.344 e. The summed E-state index contributed by atoms with van der Waals surface area (Å²) in [5.74, 6) is -1.40. The lowest BCUT2D eigenvalue weighted by Crippen LogP contribution is -2.30. The molecule has 0 saturated heterocycles. The van der Waals surface area contributed by atoms with Gasteiger partial charge in [0, 0.05) is 6.54 Å². The molecule has 0 radical (unpaired) electrons. The first-order valence-electron chi connectivity index (χ1n) is 9.11. The van der Waals surface area contributed by atoms with Gasteiger partial charge in [-0.1, -0.05) is 18.2 Å². The van der Waals surface area contributed by atoms with Crippen LogP contribution in [0.15, 0.2) is 59.5 Å². The van der Waals surface area contributed by atoms with Crippen molar-refractivity contribution >= 4 is 27.6 Å². The maximum atomic E-state index is 12.9. The zero-order valence-corrected chi connectivity index (χ0v) is 17.7. The van der Waals surface area contributed by atoms with Crippen LogP contribution in [-0.4, -0.2) is 39.1 Å². The minimum absolute atomic E-state index is 0.0481. The Hall–Kier alpha value is -2.87. The second-order valence-corrected chi connectivity index (χ2v) is 9.05. The van der Waals surface area contributed by atoms with Crippen molar-refractivity contribution in [3.63, 3.8) is 0 Å². The number of anilines is 1. The quantitative estimate of drug-likeness (QED) is 0.639. The zero-order valence-electron chi connectivity index (χ0n) is 16.9. The van der Waals surface area contributed by atoms with E-state index >= 15 is 0 Å². The number of sulfonamides is 1. The van der Waals surface area contributed by atoms with Crippen LogP contribution in [0.3, 0.4) is 0 Å². The summed E-state index contributed by atoms with van der Waals surface area (Å²) >= 11 is 0. The maximum absolute atomic E-state index is 12.9. The fourth-order valence-electron chi connectivity index (χ4n) is 2.55. The smallest absolute Gasteiger partial charge is 0.344 e. The molecule has 2 rings (SSSR count). The summed E-state index contributed by atoms with van der Waals surface area (Å²) in [4.78, 5) is 23.8. The van der Waals surface area contributed by atoms with Crippen LogP contribution in [0.25, 0.3) is 0 Å². The standard InChI is InChI=1S/C21H25NO6S/c1-5-22(17-9-7-6-8-10-17)29(25,26)18-13-11-16(12-14-18)20(24)27-15-19(23)28-21(2,3)4/h6-14H,5,15H2,1-4H3. The van der Waals surface area contributed by atoms with Crippen molar-refractivity contribution < 1.29 is 27.5 Å². The Morgan fingerprint density at radius 2 is 1.55 bits per heavy atom. The monoisotopic (exact) mass is 419 g/mol. The van der Waals surface area contributed by atoms with Crippen LogP contribution in [0.2, 0.25) is 0 Å². The fourth-order valence-corrected chi connectivity index (χ4v) is 4.03. The number of hydrogen-bond donors (Lipinski definition) is 0. The van der Waals surface area contributed by atoms with Gasteiger partial charge in [0.2, 0.25) is 0 Å². The van der Waals surface area contributed by atoms with E-state index in [0.29, 0.717) is 5.69 Å². The first kappa shape index (κ1) is 22.4. The lowest BCUT2D eigenvalue weighted by molar-refractivity contribution is -0.158. The van der Waals surface area contributed by atoms with Gasteiger partial charge in [0.05, 0.1) is 16.1 Å². The molecule has 0 aliphatic rings. The van der Waals surface area contributed by atoms with E-state index in [1.54, 1.807) is 52.0 Å². The topological polar surface area (TPSA) is 90.0 Å². The Bertz CT molecular complexity index is 947. The van der Waals surface area contributed by atoms with E-state index in [1.807, 2.05) is 6.07 Å². The molecule has 0 bridgehead atoms. The lowest BCUT2D eigenvalue weighted by Gasteiger charge is -2.23. The number of carbonyl (C=O) groups is 2. The van der Waals surface area contributed by atoms with Crippen molar-refractivity contribution in [2.75, 3.05) is 17.5 Å². The molecule has 7 nitrogen and oxygen atoms in total. The third-order valence-corrected chi connectivity index (χ3v) is 5.67. The normalized spacial score (nSPS) is 11.6. The number of hydrogen-bond acceptors (Lipinski definition) is 6. The molecule has 0 heterocycles. The summed E-state index contributed by atoms with van der Waals surface area (Å²) in [7, 11) is -3.79. The minimum atomic E-state index is -3.79. The van der Waals surface area contributed by atoms with E-state index in [2.05, 4.69) is 0 Å². The molecule has 0 fully saturated rings. The number of benzene rings is 2. The van der Waals surface area contributed by atoms with E-state index < -0.39 is 34.2 Å². The predicted molar refractivity (Wildman–Crippen MR) is 109 cm³/mol. The molecule has 156 valence electrons. The average Bonchev–Trinajstić information content (AvgIpc) is 2.66. The van der Waals surface area contributed by atoms with Crippen molar-refractivity contribution in [2.45, 2.75) is 38.2 Å². The van der Waals surface area contributed by atoms with Crippen molar-refractivity contribution in [2.24, 2.45) is 0 Å². The number of nitrogens with zero attached hydrogens (tertiary/aromatic N) is 1. The van der Waals surface area contributed by atoms with E-state index in [4.69, 9.17) is 9.47 Å². The number of rotatable bonds is 7. The van der Waals surface area contributed by atoms with E-state index in [9.17, 15) is 18.0 Å². The molecule has 8 heteroatoms. The number of para-hydroxylation sites is 1. The molecule has 2 aromatic carbocycles. The molecule has 0 N–H and O–H groups in total. The minimum Gasteiger partial charge on any atom is -0.457 e. The molecular weight excluding hydrogens is 394 g/mol. The van der Waals surface area contributed by atoms with Gasteiger partial charge >= 0.3 is 11.9 Å². The summed E-state index contributed by atoms with van der Waals surface area (Å²) in [5, 5.41) is 0. The van der Waals surface area contributed by atoms with Crippen molar-refractivity contribution in [1.29, 1.82) is 0 Å². The van der Waals surface area contributed by atoms with Gasteiger partial charge in [-0.25, -0.2) is 18.0 Å². The fraction of sp³-hybridized carbons (Fsp3) is 0.333. The summed E-state index contributed by atoms with van der Waals surface area (Å²) < 4.78 is 37.2. The SMILES string of the molecule is CCN(c1ccccc1)S(=O)(=O)c1ccc(C(=O)OCC(=O)OC(C)(C)C)cc1. The molecule has 0 saturated carbocycles. The highest BCUT2D eigenvalue weighted by atomic mass is 32.2. The average molecular weight is 419 g/mol. The van der Waals surface area contributed by atoms with E-state index in [0.717, 1.165) is 0 Å². The lowest BCUT2D eigenvalue weighted by atomic mass is 10.2. The van der Waals surface area contributed by atoms with Crippen molar-refractivity contribution in [3.8, 4) is 0 Å². The van der Waals surface area contributed by atoms with Crippen LogP contribution in [0.4, 0.5) is 5.69 Å². The summed E-state index contributed by atoms with van der Waals surface area (Å²) in [6.45, 7) is 6.61. The highest BCUT2D eigenvalue weighted by Crippen LogP contribution is 2.23. The molecular formula is C21H25NO6S. The second kappa shape index (κ2) is 9.09. The van der Waals surface area contributed by atoms with Gasteiger partial charge in [-0.2, -0.15) is 0 Å². The second-order valence-electron chi connectivity index (χ2n) is 7.19. The molecule has 0 aliphatic heterocycles. The van der Waals surface area contributed by atoms with Gasteiger partial charge < -0.3 is 9.47 Å². The molecule has 0 aliphatic carbocycles.